The molecule has 0 fully saturated rings. The fourth-order valence-corrected chi connectivity index (χ4v) is 4.44. The van der Waals surface area contributed by atoms with Crippen LogP contribution in [0.2, 0.25) is 5.02 Å². The lowest BCUT2D eigenvalue weighted by Gasteiger charge is -2.09. The minimum Gasteiger partial charge on any atom is -0.457 e. The minimum atomic E-state index is -4.49. The first-order valence-electron chi connectivity index (χ1n) is 8.43. The Labute approximate surface area is 182 Å². The number of aromatic nitrogens is 1. The van der Waals surface area contributed by atoms with Crippen molar-refractivity contribution in [1.29, 1.82) is 5.26 Å². The summed E-state index contributed by atoms with van der Waals surface area (Å²) in [7, 11) is 0. The maximum atomic E-state index is 13.0. The van der Waals surface area contributed by atoms with Gasteiger partial charge in [-0.3, -0.25) is 0 Å². The number of nitrogens with zero attached hydrogens (tertiary/aromatic N) is 2. The average molecular weight is 463 g/mol. The molecule has 0 saturated carbocycles. The number of hydrogen-bond donors (Lipinski definition) is 0. The topological polar surface area (TPSA) is 49.8 Å². The zero-order valence-electron chi connectivity index (χ0n) is 14.9. The molecule has 0 aliphatic carbocycles. The zero-order chi connectivity index (χ0) is 21.3. The summed E-state index contributed by atoms with van der Waals surface area (Å²) >= 11 is 8.94. The highest BCUT2D eigenvalue weighted by molar-refractivity contribution is 7.14. The molecule has 3 nitrogen and oxygen atoms in total. The van der Waals surface area contributed by atoms with Gasteiger partial charge >= 0.3 is 6.18 Å². The third kappa shape index (κ3) is 4.19. The third-order valence-corrected chi connectivity index (χ3v) is 6.20. The molecular weight excluding hydrogens is 453 g/mol. The van der Waals surface area contributed by atoms with Crippen LogP contribution in [0.15, 0.2) is 57.6 Å². The van der Waals surface area contributed by atoms with Crippen LogP contribution in [-0.2, 0) is 6.18 Å². The molecule has 0 unspecified atom stereocenters. The fraction of sp³-hybridized carbons (Fsp3) is 0.0476. The second-order valence-electron chi connectivity index (χ2n) is 6.08. The Kier molecular flexibility index (Phi) is 5.52. The molecule has 3 heterocycles. The number of benzene rings is 1. The molecule has 0 atom stereocenters. The van der Waals surface area contributed by atoms with E-state index in [1.54, 1.807) is 17.4 Å². The van der Waals surface area contributed by atoms with Gasteiger partial charge in [0.15, 0.2) is 0 Å². The first-order valence-corrected chi connectivity index (χ1v) is 10.6. The number of furan rings is 1. The number of rotatable bonds is 4. The van der Waals surface area contributed by atoms with E-state index in [1.807, 2.05) is 22.9 Å². The van der Waals surface area contributed by atoms with Crippen LogP contribution in [0.1, 0.15) is 16.3 Å². The van der Waals surface area contributed by atoms with E-state index in [4.69, 9.17) is 16.0 Å². The van der Waals surface area contributed by atoms with Gasteiger partial charge in [-0.05, 0) is 41.8 Å². The summed E-state index contributed by atoms with van der Waals surface area (Å²) in [4.78, 5) is 5.48. The van der Waals surface area contributed by atoms with Gasteiger partial charge in [0.1, 0.15) is 22.6 Å². The van der Waals surface area contributed by atoms with E-state index < -0.39 is 11.7 Å². The third-order valence-electron chi connectivity index (χ3n) is 4.10. The Morgan fingerprint density at radius 3 is 2.70 bits per heavy atom. The molecule has 150 valence electrons. The molecule has 0 bridgehead atoms. The van der Waals surface area contributed by atoms with E-state index >= 15 is 0 Å². The van der Waals surface area contributed by atoms with Crippen LogP contribution in [0.3, 0.4) is 0 Å². The number of hydrogen-bond acceptors (Lipinski definition) is 5. The lowest BCUT2D eigenvalue weighted by atomic mass is 10.1. The lowest BCUT2D eigenvalue weighted by molar-refractivity contribution is -0.137. The zero-order valence-corrected chi connectivity index (χ0v) is 17.3. The maximum absolute atomic E-state index is 13.0. The largest absolute Gasteiger partial charge is 0.457 e. The van der Waals surface area contributed by atoms with Crippen LogP contribution in [0.4, 0.5) is 13.2 Å². The van der Waals surface area contributed by atoms with E-state index in [1.165, 1.54) is 29.5 Å². The summed E-state index contributed by atoms with van der Waals surface area (Å²) in [6.07, 6.45) is -2.99. The summed E-state index contributed by atoms with van der Waals surface area (Å²) in [5, 5.41) is 14.0. The number of thiophene rings is 1. The Morgan fingerprint density at radius 2 is 2.00 bits per heavy atom. The minimum absolute atomic E-state index is 0.124. The van der Waals surface area contributed by atoms with Crippen LogP contribution < -0.4 is 0 Å². The quantitative estimate of drug-likeness (QED) is 0.290. The smallest absolute Gasteiger partial charge is 0.416 e. The Hall–Kier alpha value is -2.86. The molecular formula is C21H10ClF3N2OS2. The number of nitriles is 1. The van der Waals surface area contributed by atoms with Gasteiger partial charge in [-0.1, -0.05) is 17.7 Å². The number of halogens is 4. The van der Waals surface area contributed by atoms with Crippen molar-refractivity contribution >= 4 is 45.9 Å². The van der Waals surface area contributed by atoms with Gasteiger partial charge in [0.25, 0.3) is 0 Å². The van der Waals surface area contributed by atoms with Crippen molar-refractivity contribution in [2.24, 2.45) is 0 Å². The molecule has 0 saturated heterocycles. The number of thiazole rings is 1. The van der Waals surface area contributed by atoms with Crippen LogP contribution in [0, 0.1) is 11.3 Å². The van der Waals surface area contributed by atoms with E-state index in [2.05, 4.69) is 11.1 Å². The van der Waals surface area contributed by atoms with Crippen molar-refractivity contribution < 1.29 is 17.6 Å². The highest BCUT2D eigenvalue weighted by atomic mass is 35.5. The molecule has 1 aromatic carbocycles. The standard InChI is InChI=1S/C21H10ClF3N2OS2/c22-16-5-3-13(21(23,24)25)9-15(16)18-6-4-14(28-18)8-12(10-26)20-27-17(11-30-20)19-2-1-7-29-19/h1-9,11H/b12-8+. The molecule has 0 amide bonds. The summed E-state index contributed by atoms with van der Waals surface area (Å²) in [5.41, 5.74) is 0.372. The van der Waals surface area contributed by atoms with Crippen LogP contribution >= 0.6 is 34.3 Å². The maximum Gasteiger partial charge on any atom is 0.416 e. The molecule has 0 radical (unpaired) electrons. The molecule has 4 aromatic rings. The van der Waals surface area contributed by atoms with Gasteiger partial charge in [-0.2, -0.15) is 18.4 Å². The van der Waals surface area contributed by atoms with Crippen molar-refractivity contribution in [2.45, 2.75) is 6.18 Å². The number of allylic oxidation sites excluding steroid dienone is 1. The average Bonchev–Trinajstić information content (AvgIpc) is 3.46. The Balaban J connectivity index is 1.66. The Morgan fingerprint density at radius 1 is 1.17 bits per heavy atom. The second-order valence-corrected chi connectivity index (χ2v) is 8.29. The molecule has 0 aliphatic rings. The van der Waals surface area contributed by atoms with Gasteiger partial charge in [0, 0.05) is 17.0 Å². The highest BCUT2D eigenvalue weighted by Crippen LogP contribution is 2.37. The normalized spacial score (nSPS) is 12.2. The van der Waals surface area contributed by atoms with Gasteiger partial charge in [0.2, 0.25) is 0 Å². The van der Waals surface area contributed by atoms with Crippen LogP contribution in [-0.4, -0.2) is 4.98 Å². The molecule has 0 N–H and O–H groups in total. The molecule has 0 spiro atoms. The molecule has 9 heteroatoms. The van der Waals surface area contributed by atoms with E-state index in [0.29, 0.717) is 16.3 Å². The predicted molar refractivity (Wildman–Crippen MR) is 113 cm³/mol. The highest BCUT2D eigenvalue weighted by Gasteiger charge is 2.31. The summed E-state index contributed by atoms with van der Waals surface area (Å²) in [6, 6.07) is 12.1. The fourth-order valence-electron chi connectivity index (χ4n) is 2.68. The first-order chi connectivity index (χ1) is 14.3. The first kappa shape index (κ1) is 20.4. The molecule has 30 heavy (non-hydrogen) atoms. The van der Waals surface area contributed by atoms with Crippen LogP contribution in [0.5, 0.6) is 0 Å². The van der Waals surface area contributed by atoms with Crippen molar-refractivity contribution in [3.05, 3.63) is 74.6 Å². The van der Waals surface area contributed by atoms with Gasteiger partial charge in [-0.25, -0.2) is 4.98 Å². The van der Waals surface area contributed by atoms with Crippen molar-refractivity contribution in [3.63, 3.8) is 0 Å². The Bertz CT molecular complexity index is 1260. The summed E-state index contributed by atoms with van der Waals surface area (Å²) < 4.78 is 44.7. The van der Waals surface area contributed by atoms with Crippen molar-refractivity contribution in [1.82, 2.24) is 4.98 Å². The number of alkyl halides is 3. The SMILES string of the molecule is N#C/C(=C\c1ccc(-c2cc(C(F)(F)F)ccc2Cl)o1)c1nc(-c2cccs2)cs1. The lowest BCUT2D eigenvalue weighted by Crippen LogP contribution is -2.04. The predicted octanol–water partition coefficient (Wildman–Crippen LogP) is 7.87. The van der Waals surface area contributed by atoms with Gasteiger partial charge in [0.05, 0.1) is 26.7 Å². The van der Waals surface area contributed by atoms with Gasteiger partial charge in [-0.15, -0.1) is 22.7 Å². The van der Waals surface area contributed by atoms with Crippen molar-refractivity contribution in [3.8, 4) is 28.0 Å². The van der Waals surface area contributed by atoms with E-state index in [9.17, 15) is 18.4 Å². The second kappa shape index (κ2) is 8.11. The van der Waals surface area contributed by atoms with Crippen LogP contribution in [0.25, 0.3) is 33.5 Å². The van der Waals surface area contributed by atoms with E-state index in [0.717, 1.165) is 22.7 Å². The molecule has 4 rings (SSSR count). The molecule has 3 aromatic heterocycles. The van der Waals surface area contributed by atoms with E-state index in [-0.39, 0.29) is 16.3 Å². The summed E-state index contributed by atoms with van der Waals surface area (Å²) in [6.45, 7) is 0. The van der Waals surface area contributed by atoms with Gasteiger partial charge < -0.3 is 4.42 Å². The monoisotopic (exact) mass is 462 g/mol. The van der Waals surface area contributed by atoms with Crippen molar-refractivity contribution in [2.75, 3.05) is 0 Å². The summed E-state index contributed by atoms with van der Waals surface area (Å²) in [5.74, 6) is 0.482. The molecule has 0 aliphatic heterocycles.